The number of benzene rings is 1. The van der Waals surface area contributed by atoms with Crippen molar-refractivity contribution in [3.05, 3.63) is 23.8 Å². The Bertz CT molecular complexity index is 456. The normalized spacial score (nSPS) is 20.0. The molecule has 104 valence electrons. The van der Waals surface area contributed by atoms with Gasteiger partial charge in [-0.1, -0.05) is 0 Å². The van der Waals surface area contributed by atoms with E-state index in [-0.39, 0.29) is 6.04 Å². The van der Waals surface area contributed by atoms with Crippen LogP contribution in [0.5, 0.6) is 5.75 Å². The molecule has 0 radical (unpaired) electrons. The van der Waals surface area contributed by atoms with Gasteiger partial charge in [0.2, 0.25) is 5.91 Å². The average molecular weight is 264 g/mol. The molecule has 3 N–H and O–H groups in total. The second kappa shape index (κ2) is 5.93. The van der Waals surface area contributed by atoms with Crippen molar-refractivity contribution in [2.24, 2.45) is 11.7 Å². The number of primary amides is 1. The quantitative estimate of drug-likeness (QED) is 0.847. The molecular formula is C14H20N2O3. The Morgan fingerprint density at radius 1 is 1.58 bits per heavy atom. The summed E-state index contributed by atoms with van der Waals surface area (Å²) in [5.41, 5.74) is 6.56. The summed E-state index contributed by atoms with van der Waals surface area (Å²) in [6, 6.07) is 5.39. The Kier molecular flexibility index (Phi) is 4.27. The molecule has 2 atom stereocenters. The number of hydrogen-bond acceptors (Lipinski definition) is 4. The van der Waals surface area contributed by atoms with E-state index in [9.17, 15) is 4.79 Å². The smallest absolute Gasteiger partial charge is 0.248 e. The van der Waals surface area contributed by atoms with Crippen molar-refractivity contribution in [1.82, 2.24) is 0 Å². The van der Waals surface area contributed by atoms with Crippen LogP contribution in [0.25, 0.3) is 0 Å². The number of amides is 1. The first kappa shape index (κ1) is 13.7. The van der Waals surface area contributed by atoms with Crippen molar-refractivity contribution in [1.29, 1.82) is 0 Å². The zero-order valence-electron chi connectivity index (χ0n) is 11.3. The van der Waals surface area contributed by atoms with Gasteiger partial charge >= 0.3 is 0 Å². The molecule has 1 fully saturated rings. The monoisotopic (exact) mass is 264 g/mol. The summed E-state index contributed by atoms with van der Waals surface area (Å²) in [4.78, 5) is 11.2. The fourth-order valence-electron chi connectivity index (χ4n) is 2.28. The summed E-state index contributed by atoms with van der Waals surface area (Å²) < 4.78 is 10.7. The Hall–Kier alpha value is -1.75. The van der Waals surface area contributed by atoms with E-state index in [1.165, 1.54) is 0 Å². The SMILES string of the molecule is COc1ccc(C(N)=O)cc1NC(C)C1CCOC1. The summed E-state index contributed by atoms with van der Waals surface area (Å²) in [6.45, 7) is 3.69. The van der Waals surface area contributed by atoms with Crippen LogP contribution in [0.15, 0.2) is 18.2 Å². The van der Waals surface area contributed by atoms with Gasteiger partial charge in [-0.3, -0.25) is 4.79 Å². The van der Waals surface area contributed by atoms with E-state index >= 15 is 0 Å². The van der Waals surface area contributed by atoms with Crippen LogP contribution in [-0.2, 0) is 4.74 Å². The zero-order valence-corrected chi connectivity index (χ0v) is 11.3. The molecule has 1 heterocycles. The Morgan fingerprint density at radius 3 is 2.95 bits per heavy atom. The maximum Gasteiger partial charge on any atom is 0.248 e. The molecule has 1 aromatic carbocycles. The predicted octanol–water partition coefficient (Wildman–Crippen LogP) is 1.63. The number of nitrogens with two attached hydrogens (primary N) is 1. The molecule has 0 saturated carbocycles. The van der Waals surface area contributed by atoms with Crippen LogP contribution < -0.4 is 15.8 Å². The number of anilines is 1. The number of carbonyl (C=O) groups is 1. The lowest BCUT2D eigenvalue weighted by molar-refractivity contribution is 0.100. The number of carbonyl (C=O) groups excluding carboxylic acids is 1. The van der Waals surface area contributed by atoms with Crippen LogP contribution in [0, 0.1) is 5.92 Å². The van der Waals surface area contributed by atoms with Crippen molar-refractivity contribution in [2.45, 2.75) is 19.4 Å². The summed E-state index contributed by atoms with van der Waals surface area (Å²) in [6.07, 6.45) is 1.05. The standard InChI is InChI=1S/C14H20N2O3/c1-9(11-5-6-19-8-11)16-12-7-10(14(15)17)3-4-13(12)18-2/h3-4,7,9,11,16H,5-6,8H2,1-2H3,(H2,15,17). The summed E-state index contributed by atoms with van der Waals surface area (Å²) >= 11 is 0. The number of nitrogens with one attached hydrogen (secondary N) is 1. The number of ether oxygens (including phenoxy) is 2. The highest BCUT2D eigenvalue weighted by Gasteiger charge is 2.23. The van der Waals surface area contributed by atoms with Gasteiger partial charge in [0.15, 0.2) is 0 Å². The highest BCUT2D eigenvalue weighted by atomic mass is 16.5. The Labute approximate surface area is 113 Å². The van der Waals surface area contributed by atoms with Gasteiger partial charge < -0.3 is 20.5 Å². The molecule has 19 heavy (non-hydrogen) atoms. The van der Waals surface area contributed by atoms with Gasteiger partial charge in [0.1, 0.15) is 5.75 Å². The molecule has 1 aromatic rings. The summed E-state index contributed by atoms with van der Waals surface area (Å²) in [7, 11) is 1.60. The van der Waals surface area contributed by atoms with Crippen molar-refractivity contribution < 1.29 is 14.3 Å². The molecule has 5 nitrogen and oxygen atoms in total. The number of hydrogen-bond donors (Lipinski definition) is 2. The number of rotatable bonds is 5. The van der Waals surface area contributed by atoms with E-state index in [2.05, 4.69) is 12.2 Å². The fraction of sp³-hybridized carbons (Fsp3) is 0.500. The largest absolute Gasteiger partial charge is 0.495 e. The average Bonchev–Trinajstić information content (AvgIpc) is 2.92. The van der Waals surface area contributed by atoms with Gasteiger partial charge in [-0.2, -0.15) is 0 Å². The fourth-order valence-corrected chi connectivity index (χ4v) is 2.28. The first-order chi connectivity index (χ1) is 9.11. The van der Waals surface area contributed by atoms with Crippen molar-refractivity contribution in [3.8, 4) is 5.75 Å². The lowest BCUT2D eigenvalue weighted by Gasteiger charge is -2.22. The zero-order chi connectivity index (χ0) is 13.8. The Morgan fingerprint density at radius 2 is 2.37 bits per heavy atom. The molecule has 0 bridgehead atoms. The minimum atomic E-state index is -0.442. The molecule has 2 unspecified atom stereocenters. The van der Waals surface area contributed by atoms with Crippen LogP contribution in [0.3, 0.4) is 0 Å². The van der Waals surface area contributed by atoms with Crippen molar-refractivity contribution in [2.75, 3.05) is 25.6 Å². The molecular weight excluding hydrogens is 244 g/mol. The van der Waals surface area contributed by atoms with Crippen molar-refractivity contribution >= 4 is 11.6 Å². The van der Waals surface area contributed by atoms with Crippen LogP contribution in [0.1, 0.15) is 23.7 Å². The summed E-state index contributed by atoms with van der Waals surface area (Å²) in [5, 5.41) is 3.39. The van der Waals surface area contributed by atoms with Crippen LogP contribution in [0.4, 0.5) is 5.69 Å². The van der Waals surface area contributed by atoms with Gasteiger partial charge in [0, 0.05) is 24.1 Å². The highest BCUT2D eigenvalue weighted by Crippen LogP contribution is 2.28. The minimum absolute atomic E-state index is 0.250. The van der Waals surface area contributed by atoms with Gasteiger partial charge in [0.05, 0.1) is 19.4 Å². The van der Waals surface area contributed by atoms with E-state index in [0.29, 0.717) is 17.2 Å². The number of methoxy groups -OCH3 is 1. The predicted molar refractivity (Wildman–Crippen MR) is 73.5 cm³/mol. The second-order valence-corrected chi connectivity index (χ2v) is 4.84. The van der Waals surface area contributed by atoms with Crippen LogP contribution in [0.2, 0.25) is 0 Å². The van der Waals surface area contributed by atoms with Gasteiger partial charge in [-0.05, 0) is 31.5 Å². The van der Waals surface area contributed by atoms with E-state index in [1.807, 2.05) is 0 Å². The molecule has 0 aromatic heterocycles. The van der Waals surface area contributed by atoms with Gasteiger partial charge in [-0.15, -0.1) is 0 Å². The molecule has 1 aliphatic heterocycles. The first-order valence-corrected chi connectivity index (χ1v) is 6.44. The van der Waals surface area contributed by atoms with Crippen LogP contribution >= 0.6 is 0 Å². The molecule has 1 aliphatic rings. The minimum Gasteiger partial charge on any atom is -0.495 e. The molecule has 2 rings (SSSR count). The topological polar surface area (TPSA) is 73.6 Å². The molecule has 5 heteroatoms. The molecule has 1 saturated heterocycles. The van der Waals surface area contributed by atoms with Crippen molar-refractivity contribution in [3.63, 3.8) is 0 Å². The third-order valence-electron chi connectivity index (χ3n) is 3.54. The van der Waals surface area contributed by atoms with Crippen LogP contribution in [-0.4, -0.2) is 32.3 Å². The molecule has 1 amide bonds. The maximum atomic E-state index is 11.2. The lowest BCUT2D eigenvalue weighted by Crippen LogP contribution is -2.26. The second-order valence-electron chi connectivity index (χ2n) is 4.84. The Balaban J connectivity index is 2.16. The van der Waals surface area contributed by atoms with E-state index in [0.717, 1.165) is 25.3 Å². The first-order valence-electron chi connectivity index (χ1n) is 6.44. The van der Waals surface area contributed by atoms with Gasteiger partial charge in [-0.25, -0.2) is 0 Å². The molecule has 0 aliphatic carbocycles. The summed E-state index contributed by atoms with van der Waals surface area (Å²) in [5.74, 6) is 0.736. The van der Waals surface area contributed by atoms with Gasteiger partial charge in [0.25, 0.3) is 0 Å². The molecule has 0 spiro atoms. The lowest BCUT2D eigenvalue weighted by atomic mass is 10.00. The maximum absolute atomic E-state index is 11.2. The van der Waals surface area contributed by atoms with E-state index in [1.54, 1.807) is 25.3 Å². The van der Waals surface area contributed by atoms with E-state index < -0.39 is 5.91 Å². The highest BCUT2D eigenvalue weighted by molar-refractivity contribution is 5.94. The third kappa shape index (κ3) is 3.17. The third-order valence-corrected chi connectivity index (χ3v) is 3.54. The van der Waals surface area contributed by atoms with E-state index in [4.69, 9.17) is 15.2 Å².